The van der Waals surface area contributed by atoms with Crippen LogP contribution in [0.1, 0.15) is 41.7 Å². The molecule has 0 bridgehead atoms. The Morgan fingerprint density at radius 3 is 1.74 bits per heavy atom. The maximum Gasteiger partial charge on any atom is 0.309 e. The van der Waals surface area contributed by atoms with Crippen LogP contribution in [0.15, 0.2) is 78.9 Å². The van der Waals surface area contributed by atoms with E-state index >= 15 is 0 Å². The molecule has 0 heterocycles. The van der Waals surface area contributed by atoms with Crippen LogP contribution in [0.4, 0.5) is 0 Å². The molecule has 4 N–H and O–H groups in total. The van der Waals surface area contributed by atoms with Crippen molar-refractivity contribution < 1.29 is 22.7 Å². The summed E-state index contributed by atoms with van der Waals surface area (Å²) in [6.45, 7) is 0.698. The minimum Gasteiger partial charge on any atom is -0.469 e. The van der Waals surface area contributed by atoms with Crippen molar-refractivity contribution >= 4 is 21.6 Å². The van der Waals surface area contributed by atoms with Crippen molar-refractivity contribution in [1.29, 1.82) is 0 Å². The van der Waals surface area contributed by atoms with Crippen molar-refractivity contribution in [2.75, 3.05) is 12.9 Å². The Balaban J connectivity index is 0.00000533. The first-order valence-electron chi connectivity index (χ1n) is 12.6. The summed E-state index contributed by atoms with van der Waals surface area (Å²) in [5.41, 5.74) is 15.7. The molecule has 0 fully saturated rings. The summed E-state index contributed by atoms with van der Waals surface area (Å²) < 4.78 is 31.4. The second kappa shape index (κ2) is 15.3. The van der Waals surface area contributed by atoms with E-state index in [2.05, 4.69) is 0 Å². The van der Waals surface area contributed by atoms with Crippen molar-refractivity contribution in [3.8, 4) is 0 Å². The Morgan fingerprint density at radius 1 is 0.744 bits per heavy atom. The van der Waals surface area contributed by atoms with E-state index in [9.17, 15) is 18.0 Å². The first kappa shape index (κ1) is 31.9. The van der Waals surface area contributed by atoms with Gasteiger partial charge in [0, 0.05) is 25.4 Å². The minimum atomic E-state index is -3.62. The van der Waals surface area contributed by atoms with Gasteiger partial charge in [0.05, 0.1) is 24.5 Å². The molecule has 210 valence electrons. The summed E-state index contributed by atoms with van der Waals surface area (Å²) >= 11 is 0. The second-order valence-corrected chi connectivity index (χ2v) is 11.7. The van der Waals surface area contributed by atoms with Gasteiger partial charge in [0.15, 0.2) is 9.84 Å². The van der Waals surface area contributed by atoms with Gasteiger partial charge in [-0.05, 0) is 40.7 Å². The van der Waals surface area contributed by atoms with Gasteiger partial charge in [-0.15, -0.1) is 0 Å². The van der Waals surface area contributed by atoms with E-state index in [1.54, 1.807) is 24.3 Å². The summed E-state index contributed by atoms with van der Waals surface area (Å²) in [6.07, 6.45) is 0.400. The quantitative estimate of drug-likeness (QED) is 0.289. The number of rotatable bonds is 14. The number of carbonyl (C=O) groups excluding carboxylic acids is 2. The first-order chi connectivity index (χ1) is 18.2. The van der Waals surface area contributed by atoms with E-state index < -0.39 is 27.6 Å². The van der Waals surface area contributed by atoms with Gasteiger partial charge in [-0.25, -0.2) is 8.42 Å². The number of Topliss-reactive ketones (excluding diaryl/α,β-unsaturated/α-hetero) is 1. The van der Waals surface area contributed by atoms with Crippen LogP contribution in [0.3, 0.4) is 0 Å². The number of hydrogen-bond acceptors (Lipinski definition) is 7. The van der Waals surface area contributed by atoms with E-state index in [0.717, 1.165) is 22.3 Å². The molecule has 3 rings (SSSR count). The van der Waals surface area contributed by atoms with Crippen LogP contribution in [0.2, 0.25) is 0 Å². The lowest BCUT2D eigenvalue weighted by molar-refractivity contribution is -0.147. The van der Waals surface area contributed by atoms with Crippen molar-refractivity contribution in [3.63, 3.8) is 0 Å². The number of hydrogen-bond donors (Lipinski definition) is 2. The SMILES string of the molecule is C.COC(=O)[C@@H](CC(=O)[C@@H](Cc1cccc(CN)c1)CS(=O)(=O)Cc1ccccc1)Cc1cccc(CN)c1. The fourth-order valence-electron chi connectivity index (χ4n) is 4.61. The zero-order valence-corrected chi connectivity index (χ0v) is 22.5. The van der Waals surface area contributed by atoms with Gasteiger partial charge in [-0.3, -0.25) is 9.59 Å². The van der Waals surface area contributed by atoms with E-state index in [1.807, 2.05) is 54.6 Å². The maximum absolute atomic E-state index is 13.7. The molecule has 3 aromatic carbocycles. The van der Waals surface area contributed by atoms with Gasteiger partial charge < -0.3 is 16.2 Å². The van der Waals surface area contributed by atoms with Gasteiger partial charge >= 0.3 is 5.97 Å². The molecule has 0 saturated heterocycles. The third kappa shape index (κ3) is 10.1. The summed E-state index contributed by atoms with van der Waals surface area (Å²) in [7, 11) is -2.33. The van der Waals surface area contributed by atoms with Crippen LogP contribution < -0.4 is 11.5 Å². The fourth-order valence-corrected chi connectivity index (χ4v) is 6.35. The topological polar surface area (TPSA) is 130 Å². The zero-order chi connectivity index (χ0) is 27.5. The van der Waals surface area contributed by atoms with E-state index in [0.29, 0.717) is 25.1 Å². The Labute approximate surface area is 232 Å². The van der Waals surface area contributed by atoms with Crippen LogP contribution in [0, 0.1) is 11.8 Å². The highest BCUT2D eigenvalue weighted by Gasteiger charge is 2.31. The predicted octanol–water partition coefficient (Wildman–Crippen LogP) is 4.00. The van der Waals surface area contributed by atoms with Gasteiger partial charge in [0.1, 0.15) is 5.78 Å². The zero-order valence-electron chi connectivity index (χ0n) is 21.7. The molecule has 0 aliphatic heterocycles. The average Bonchev–Trinajstić information content (AvgIpc) is 2.92. The monoisotopic (exact) mass is 552 g/mol. The summed E-state index contributed by atoms with van der Waals surface area (Å²) in [5.74, 6) is -2.83. The lowest BCUT2D eigenvalue weighted by Gasteiger charge is -2.20. The van der Waals surface area contributed by atoms with Crippen molar-refractivity contribution in [2.45, 2.75) is 45.5 Å². The van der Waals surface area contributed by atoms with Crippen LogP contribution in [-0.4, -0.2) is 33.0 Å². The molecule has 0 amide bonds. The lowest BCUT2D eigenvalue weighted by atomic mass is 9.87. The molecule has 39 heavy (non-hydrogen) atoms. The summed E-state index contributed by atoms with van der Waals surface area (Å²) in [5, 5.41) is 0. The number of ketones is 1. The molecule has 0 radical (unpaired) electrons. The lowest BCUT2D eigenvalue weighted by Crippen LogP contribution is -2.31. The van der Waals surface area contributed by atoms with Crippen LogP contribution in [0.5, 0.6) is 0 Å². The van der Waals surface area contributed by atoms with Crippen LogP contribution in [0.25, 0.3) is 0 Å². The number of carbonyl (C=O) groups is 2. The molecule has 0 unspecified atom stereocenters. The number of ether oxygens (including phenoxy) is 1. The van der Waals surface area contributed by atoms with Crippen molar-refractivity contribution in [2.24, 2.45) is 23.3 Å². The standard InChI is InChI=1S/C30H36N2O5S.CH4/c1-37-30(34)27(15-23-9-5-11-25(13-23)18-31)17-29(33)28(16-24-10-6-12-26(14-24)19-32)21-38(35,36)20-22-7-3-2-4-8-22;/h2-14,27-28H,15-21,31-32H2,1H3;1H4/t27-,28+;/m1./s1. The Kier molecular flexibility index (Phi) is 12.5. The normalized spacial score (nSPS) is 12.7. The number of benzene rings is 3. The van der Waals surface area contributed by atoms with Gasteiger partial charge in [0.25, 0.3) is 0 Å². The molecule has 8 heteroatoms. The number of esters is 1. The van der Waals surface area contributed by atoms with Crippen molar-refractivity contribution in [3.05, 3.63) is 107 Å². The van der Waals surface area contributed by atoms with Gasteiger partial charge in [-0.2, -0.15) is 0 Å². The molecule has 7 nitrogen and oxygen atoms in total. The maximum atomic E-state index is 13.7. The fraction of sp³-hybridized carbons (Fsp3) is 0.355. The summed E-state index contributed by atoms with van der Waals surface area (Å²) in [6, 6.07) is 23.9. The molecular formula is C31H40N2O5S. The molecule has 0 spiro atoms. The number of methoxy groups -OCH3 is 1. The highest BCUT2D eigenvalue weighted by atomic mass is 32.2. The molecule has 0 aliphatic carbocycles. The Bertz CT molecular complexity index is 1330. The first-order valence-corrected chi connectivity index (χ1v) is 14.5. The van der Waals surface area contributed by atoms with E-state index in [-0.39, 0.29) is 37.6 Å². The second-order valence-electron chi connectivity index (χ2n) is 9.58. The predicted molar refractivity (Wildman–Crippen MR) is 155 cm³/mol. The van der Waals surface area contributed by atoms with E-state index in [1.165, 1.54) is 7.11 Å². The Morgan fingerprint density at radius 2 is 1.23 bits per heavy atom. The molecule has 0 aromatic heterocycles. The largest absolute Gasteiger partial charge is 0.469 e. The van der Waals surface area contributed by atoms with Gasteiger partial charge in [-0.1, -0.05) is 86.3 Å². The molecule has 0 saturated carbocycles. The van der Waals surface area contributed by atoms with Crippen LogP contribution >= 0.6 is 0 Å². The molecular weight excluding hydrogens is 512 g/mol. The average molecular weight is 553 g/mol. The highest BCUT2D eigenvalue weighted by molar-refractivity contribution is 7.90. The molecule has 2 atom stereocenters. The summed E-state index contributed by atoms with van der Waals surface area (Å²) in [4.78, 5) is 26.3. The van der Waals surface area contributed by atoms with Crippen molar-refractivity contribution in [1.82, 2.24) is 0 Å². The third-order valence-corrected chi connectivity index (χ3v) is 8.22. The van der Waals surface area contributed by atoms with Gasteiger partial charge in [0.2, 0.25) is 0 Å². The minimum absolute atomic E-state index is 0. The highest BCUT2D eigenvalue weighted by Crippen LogP contribution is 2.23. The third-order valence-electron chi connectivity index (χ3n) is 6.54. The van der Waals surface area contributed by atoms with E-state index in [4.69, 9.17) is 16.2 Å². The molecule has 0 aliphatic rings. The smallest absolute Gasteiger partial charge is 0.309 e. The molecule has 3 aromatic rings. The Hall–Kier alpha value is -3.33. The number of sulfone groups is 1. The number of nitrogens with two attached hydrogens (primary N) is 2. The van der Waals surface area contributed by atoms with Crippen LogP contribution in [-0.2, 0) is 55.8 Å².